The minimum atomic E-state index is -1.55. The maximum Gasteiger partial charge on any atom is 0.306 e. The van der Waals surface area contributed by atoms with Gasteiger partial charge in [-0.3, -0.25) is 4.79 Å². The van der Waals surface area contributed by atoms with Crippen LogP contribution in [0.3, 0.4) is 0 Å². The zero-order valence-electron chi connectivity index (χ0n) is 45.6. The fourth-order valence-electron chi connectivity index (χ4n) is 8.21. The third-order valence-electron chi connectivity index (χ3n) is 12.7. The van der Waals surface area contributed by atoms with Gasteiger partial charge in [-0.1, -0.05) is 220 Å². The van der Waals surface area contributed by atoms with E-state index in [9.17, 15) is 25.2 Å². The fraction of sp³-hybridized carbons (Fsp3) is 0.698. The van der Waals surface area contributed by atoms with Gasteiger partial charge in [0.25, 0.3) is 0 Å². The molecule has 1 rings (SSSR count). The summed E-state index contributed by atoms with van der Waals surface area (Å²) in [6, 6.07) is 0. The van der Waals surface area contributed by atoms with Gasteiger partial charge in [-0.05, 0) is 103 Å². The average molecular weight is 1010 g/mol. The summed E-state index contributed by atoms with van der Waals surface area (Å²) in [6.07, 6.45) is 68.4. The van der Waals surface area contributed by atoms with E-state index in [1.54, 1.807) is 0 Å². The number of aliphatic hydroxyl groups excluding tert-OH is 4. The normalized spacial score (nSPS) is 19.6. The van der Waals surface area contributed by atoms with Crippen LogP contribution in [0.4, 0.5) is 0 Å². The van der Waals surface area contributed by atoms with Crippen LogP contribution in [0.5, 0.6) is 0 Å². The highest BCUT2D eigenvalue weighted by molar-refractivity contribution is 5.69. The van der Waals surface area contributed by atoms with E-state index in [1.807, 2.05) is 0 Å². The average Bonchev–Trinajstić information content (AvgIpc) is 3.38. The summed E-state index contributed by atoms with van der Waals surface area (Å²) in [5, 5.41) is 40.4. The second kappa shape index (κ2) is 52.7. The maximum atomic E-state index is 12.9. The Bertz CT molecular complexity index is 1470. The molecule has 412 valence electrons. The van der Waals surface area contributed by atoms with Crippen LogP contribution in [0, 0.1) is 0 Å². The van der Waals surface area contributed by atoms with Crippen molar-refractivity contribution in [2.24, 2.45) is 0 Å². The Morgan fingerprint density at radius 1 is 0.458 bits per heavy atom. The van der Waals surface area contributed by atoms with E-state index in [1.165, 1.54) is 96.3 Å². The summed E-state index contributed by atoms with van der Waals surface area (Å²) in [6.45, 7) is 4.37. The lowest BCUT2D eigenvalue weighted by molar-refractivity contribution is -0.305. The van der Waals surface area contributed by atoms with Crippen molar-refractivity contribution in [2.75, 3.05) is 26.4 Å². The smallest absolute Gasteiger partial charge is 0.306 e. The van der Waals surface area contributed by atoms with Gasteiger partial charge in [-0.25, -0.2) is 0 Å². The predicted octanol–water partition coefficient (Wildman–Crippen LogP) is 15.3. The van der Waals surface area contributed by atoms with Crippen LogP contribution in [0.25, 0.3) is 0 Å². The number of hydrogen-bond acceptors (Lipinski definition) is 9. The van der Waals surface area contributed by atoms with E-state index in [4.69, 9.17) is 18.9 Å². The van der Waals surface area contributed by atoms with Gasteiger partial charge in [0.1, 0.15) is 30.5 Å². The number of hydrogen-bond donors (Lipinski definition) is 4. The molecule has 0 saturated carbocycles. The molecule has 0 spiro atoms. The molecule has 0 aromatic carbocycles. The summed E-state index contributed by atoms with van der Waals surface area (Å²) >= 11 is 0. The molecule has 6 unspecified atom stereocenters. The number of rotatable bonds is 49. The summed E-state index contributed by atoms with van der Waals surface area (Å²) in [5.41, 5.74) is 0. The van der Waals surface area contributed by atoms with Crippen molar-refractivity contribution in [1.29, 1.82) is 0 Å². The molecule has 1 aliphatic rings. The summed E-state index contributed by atoms with van der Waals surface area (Å²) in [4.78, 5) is 12.9. The van der Waals surface area contributed by atoms with E-state index in [0.29, 0.717) is 13.0 Å². The summed E-state index contributed by atoms with van der Waals surface area (Å²) < 4.78 is 22.9. The SMILES string of the molecule is CC/C=C\C/C=C\C/C=C\C/C=C\C/C=C\C/C=C\C/C=C\CCCCCCOCC(COC1OC(CO)C(O)C(O)C1O)OC(=O)CCCCCCCCCCCCC/C=C\C/C=C\CCCCCCC. The minimum Gasteiger partial charge on any atom is -0.457 e. The molecule has 1 aliphatic heterocycles. The molecule has 9 nitrogen and oxygen atoms in total. The molecule has 0 amide bonds. The Hall–Kier alpha value is -3.15. The van der Waals surface area contributed by atoms with Gasteiger partial charge in [-0.15, -0.1) is 0 Å². The Kier molecular flexibility index (Phi) is 48.9. The van der Waals surface area contributed by atoms with Crippen molar-refractivity contribution in [3.05, 3.63) is 109 Å². The van der Waals surface area contributed by atoms with Crippen LogP contribution in [0.2, 0.25) is 0 Å². The highest BCUT2D eigenvalue weighted by atomic mass is 16.7. The zero-order chi connectivity index (χ0) is 52.1. The molecular weight excluding hydrogens is 901 g/mol. The molecule has 0 aromatic heterocycles. The minimum absolute atomic E-state index is 0.120. The number of ether oxygens (including phenoxy) is 4. The van der Waals surface area contributed by atoms with Crippen LogP contribution in [0.1, 0.15) is 219 Å². The number of allylic oxidation sites excluding steroid dienone is 18. The molecule has 0 aromatic rings. The van der Waals surface area contributed by atoms with E-state index in [-0.39, 0.29) is 19.2 Å². The van der Waals surface area contributed by atoms with Crippen LogP contribution in [0.15, 0.2) is 109 Å². The molecule has 6 atom stereocenters. The molecule has 72 heavy (non-hydrogen) atoms. The van der Waals surface area contributed by atoms with Crippen LogP contribution in [-0.2, 0) is 23.7 Å². The number of carbonyl (C=O) groups is 1. The largest absolute Gasteiger partial charge is 0.457 e. The highest BCUT2D eigenvalue weighted by Gasteiger charge is 2.44. The number of aliphatic hydroxyl groups is 4. The van der Waals surface area contributed by atoms with Crippen molar-refractivity contribution in [1.82, 2.24) is 0 Å². The Morgan fingerprint density at radius 3 is 1.28 bits per heavy atom. The van der Waals surface area contributed by atoms with Gasteiger partial charge in [0.05, 0.1) is 19.8 Å². The predicted molar refractivity (Wildman–Crippen MR) is 302 cm³/mol. The first-order valence-corrected chi connectivity index (χ1v) is 29.0. The van der Waals surface area contributed by atoms with E-state index in [2.05, 4.69) is 123 Å². The molecular formula is C63H106O9. The number of unbranched alkanes of at least 4 members (excludes halogenated alkanes) is 20. The monoisotopic (exact) mass is 1010 g/mol. The molecule has 1 heterocycles. The van der Waals surface area contributed by atoms with Gasteiger partial charge in [0, 0.05) is 13.0 Å². The standard InChI is InChI=1S/C63H106O9/c1-3-5-7-9-11-13-15-17-19-21-23-25-27-28-29-31-33-35-37-39-41-43-45-47-49-51-53-69-55-57(56-70-63-62(68)61(67)60(66)58(54-64)72-63)71-59(65)52-50-48-46-44-42-40-38-36-34-32-30-26-24-22-20-18-16-14-12-10-8-6-4-2/h5,7,11,13,16-19,22-25,28-29,33,35,39,41,57-58,60-64,66-68H,3-4,6,8-10,12,14-15,20-21,26-27,30-32,34,36-38,40,42-56H2,1-2H3/b7-5-,13-11-,18-16-,19-17-,24-22-,25-23-,29-28-,35-33-,41-39-. The second-order valence-electron chi connectivity index (χ2n) is 19.4. The summed E-state index contributed by atoms with van der Waals surface area (Å²) in [5.74, 6) is -0.328. The molecule has 1 fully saturated rings. The second-order valence-corrected chi connectivity index (χ2v) is 19.4. The van der Waals surface area contributed by atoms with E-state index in [0.717, 1.165) is 103 Å². The third-order valence-corrected chi connectivity index (χ3v) is 12.7. The Balaban J connectivity index is 2.21. The van der Waals surface area contributed by atoms with Gasteiger partial charge in [-0.2, -0.15) is 0 Å². The van der Waals surface area contributed by atoms with E-state index < -0.39 is 43.4 Å². The van der Waals surface area contributed by atoms with Gasteiger partial charge >= 0.3 is 5.97 Å². The molecule has 0 aliphatic carbocycles. The Labute approximate surface area is 440 Å². The quantitative estimate of drug-likeness (QED) is 0.0267. The molecule has 0 radical (unpaired) electrons. The first-order valence-electron chi connectivity index (χ1n) is 29.0. The molecule has 1 saturated heterocycles. The van der Waals surface area contributed by atoms with Crippen LogP contribution < -0.4 is 0 Å². The first kappa shape index (κ1) is 66.9. The molecule has 4 N–H and O–H groups in total. The van der Waals surface area contributed by atoms with Gasteiger partial charge < -0.3 is 39.4 Å². The topological polar surface area (TPSA) is 135 Å². The summed E-state index contributed by atoms with van der Waals surface area (Å²) in [7, 11) is 0. The van der Waals surface area contributed by atoms with Crippen molar-refractivity contribution >= 4 is 5.97 Å². The number of esters is 1. The first-order chi connectivity index (χ1) is 35.4. The fourth-order valence-corrected chi connectivity index (χ4v) is 8.21. The highest BCUT2D eigenvalue weighted by Crippen LogP contribution is 2.23. The van der Waals surface area contributed by atoms with Gasteiger partial charge in [0.15, 0.2) is 6.29 Å². The lowest BCUT2D eigenvalue weighted by Crippen LogP contribution is -2.59. The van der Waals surface area contributed by atoms with Gasteiger partial charge in [0.2, 0.25) is 0 Å². The maximum absolute atomic E-state index is 12.9. The van der Waals surface area contributed by atoms with Crippen molar-refractivity contribution in [3.8, 4) is 0 Å². The lowest BCUT2D eigenvalue weighted by Gasteiger charge is -2.39. The van der Waals surface area contributed by atoms with Crippen LogP contribution >= 0.6 is 0 Å². The molecule has 9 heteroatoms. The third kappa shape index (κ3) is 42.2. The van der Waals surface area contributed by atoms with Crippen molar-refractivity contribution < 1.29 is 44.2 Å². The van der Waals surface area contributed by atoms with E-state index >= 15 is 0 Å². The van der Waals surface area contributed by atoms with Crippen molar-refractivity contribution in [2.45, 2.75) is 256 Å². The zero-order valence-corrected chi connectivity index (χ0v) is 45.6. The Morgan fingerprint density at radius 2 is 0.847 bits per heavy atom. The lowest BCUT2D eigenvalue weighted by atomic mass is 9.99. The number of carbonyl (C=O) groups excluding carboxylic acids is 1. The van der Waals surface area contributed by atoms with Crippen molar-refractivity contribution in [3.63, 3.8) is 0 Å². The molecule has 0 bridgehead atoms. The van der Waals surface area contributed by atoms with Crippen LogP contribution in [-0.4, -0.2) is 89.6 Å².